The van der Waals surface area contributed by atoms with E-state index in [2.05, 4.69) is 0 Å². The second-order valence-corrected chi connectivity index (χ2v) is 7.74. The van der Waals surface area contributed by atoms with Gasteiger partial charge in [-0.3, -0.25) is 9.59 Å². The highest BCUT2D eigenvalue weighted by Gasteiger charge is 2.31. The Morgan fingerprint density at radius 2 is 1.53 bits per heavy atom. The first-order valence-corrected chi connectivity index (χ1v) is 10.6. The third-order valence-electron chi connectivity index (χ3n) is 5.84. The molecule has 0 aliphatic carbocycles. The molecule has 0 radical (unpaired) electrons. The Morgan fingerprint density at radius 3 is 2.27 bits per heavy atom. The lowest BCUT2D eigenvalue weighted by Gasteiger charge is -2.35. The van der Waals surface area contributed by atoms with Gasteiger partial charge in [-0.25, -0.2) is 0 Å². The van der Waals surface area contributed by atoms with Crippen molar-refractivity contribution in [3.8, 4) is 16.9 Å². The Labute approximate surface area is 177 Å². The highest BCUT2D eigenvalue weighted by molar-refractivity contribution is 5.81. The number of carbonyl (C=O) groups excluding carboxylic acids is 2. The van der Waals surface area contributed by atoms with Crippen LogP contribution in [0.25, 0.3) is 11.1 Å². The molecule has 0 unspecified atom stereocenters. The van der Waals surface area contributed by atoms with Crippen LogP contribution in [0.1, 0.15) is 12.8 Å². The molecule has 0 N–H and O–H groups in total. The van der Waals surface area contributed by atoms with Crippen LogP contribution in [-0.2, 0) is 14.3 Å². The Morgan fingerprint density at radius 1 is 0.867 bits per heavy atom. The molecule has 2 saturated heterocycles. The molecule has 4 rings (SSSR count). The largest absolute Gasteiger partial charge is 0.483 e. The predicted octanol–water partition coefficient (Wildman–Crippen LogP) is 2.83. The van der Waals surface area contributed by atoms with Crippen molar-refractivity contribution in [1.82, 2.24) is 9.80 Å². The van der Waals surface area contributed by atoms with Crippen LogP contribution >= 0.6 is 0 Å². The molecule has 2 aromatic rings. The first kappa shape index (κ1) is 20.4. The number of benzene rings is 2. The number of likely N-dealkylation sites (tertiary alicyclic amines) is 1. The highest BCUT2D eigenvalue weighted by Crippen LogP contribution is 2.29. The van der Waals surface area contributed by atoms with Gasteiger partial charge >= 0.3 is 0 Å². The number of ether oxygens (including phenoxy) is 2. The predicted molar refractivity (Wildman–Crippen MR) is 114 cm³/mol. The number of para-hydroxylation sites is 1. The van der Waals surface area contributed by atoms with E-state index in [4.69, 9.17) is 9.47 Å². The molecule has 2 fully saturated rings. The van der Waals surface area contributed by atoms with Crippen LogP contribution in [0.2, 0.25) is 0 Å². The number of piperidine rings is 1. The Bertz CT molecular complexity index is 857. The number of morpholine rings is 1. The van der Waals surface area contributed by atoms with E-state index in [0.29, 0.717) is 58.0 Å². The first-order chi connectivity index (χ1) is 14.7. The molecule has 0 aromatic heterocycles. The zero-order chi connectivity index (χ0) is 20.8. The lowest BCUT2D eigenvalue weighted by Crippen LogP contribution is -2.48. The van der Waals surface area contributed by atoms with Crippen LogP contribution in [0.15, 0.2) is 54.6 Å². The van der Waals surface area contributed by atoms with Crippen molar-refractivity contribution >= 4 is 11.8 Å². The number of nitrogens with zero attached hydrogens (tertiary/aromatic N) is 2. The molecular formula is C24H28N2O4. The second-order valence-electron chi connectivity index (χ2n) is 7.74. The van der Waals surface area contributed by atoms with Gasteiger partial charge in [-0.1, -0.05) is 48.5 Å². The van der Waals surface area contributed by atoms with E-state index >= 15 is 0 Å². The van der Waals surface area contributed by atoms with Gasteiger partial charge in [0.1, 0.15) is 5.75 Å². The zero-order valence-electron chi connectivity index (χ0n) is 17.2. The van der Waals surface area contributed by atoms with E-state index < -0.39 is 0 Å². The van der Waals surface area contributed by atoms with Crippen LogP contribution in [0.3, 0.4) is 0 Å². The molecule has 30 heavy (non-hydrogen) atoms. The molecule has 0 bridgehead atoms. The molecule has 158 valence electrons. The van der Waals surface area contributed by atoms with Crippen molar-refractivity contribution in [2.75, 3.05) is 46.0 Å². The van der Waals surface area contributed by atoms with Crippen molar-refractivity contribution in [3.63, 3.8) is 0 Å². The van der Waals surface area contributed by atoms with Crippen molar-refractivity contribution in [3.05, 3.63) is 54.6 Å². The summed E-state index contributed by atoms with van der Waals surface area (Å²) in [6.07, 6.45) is 1.42. The fourth-order valence-electron chi connectivity index (χ4n) is 4.10. The van der Waals surface area contributed by atoms with Crippen LogP contribution in [-0.4, -0.2) is 67.6 Å². The maximum absolute atomic E-state index is 12.7. The first-order valence-electron chi connectivity index (χ1n) is 10.6. The quantitative estimate of drug-likeness (QED) is 0.763. The average molecular weight is 408 g/mol. The molecule has 6 nitrogen and oxygen atoms in total. The summed E-state index contributed by atoms with van der Waals surface area (Å²) < 4.78 is 11.2. The van der Waals surface area contributed by atoms with Crippen LogP contribution < -0.4 is 4.74 Å². The Balaban J connectivity index is 1.29. The molecule has 2 aliphatic rings. The third kappa shape index (κ3) is 4.82. The van der Waals surface area contributed by atoms with Gasteiger partial charge in [-0.2, -0.15) is 0 Å². The van der Waals surface area contributed by atoms with Gasteiger partial charge in [0.15, 0.2) is 6.61 Å². The fraction of sp³-hybridized carbons (Fsp3) is 0.417. The summed E-state index contributed by atoms with van der Waals surface area (Å²) in [5.41, 5.74) is 2.03. The lowest BCUT2D eigenvalue weighted by molar-refractivity contribution is -0.144. The van der Waals surface area contributed by atoms with Crippen LogP contribution in [0.5, 0.6) is 5.75 Å². The molecular weight excluding hydrogens is 380 g/mol. The van der Waals surface area contributed by atoms with Gasteiger partial charge < -0.3 is 19.3 Å². The minimum Gasteiger partial charge on any atom is -0.483 e. The average Bonchev–Trinajstić information content (AvgIpc) is 2.83. The summed E-state index contributed by atoms with van der Waals surface area (Å²) in [6, 6.07) is 17.8. The number of hydrogen-bond donors (Lipinski definition) is 0. The zero-order valence-corrected chi connectivity index (χ0v) is 17.2. The maximum Gasteiger partial charge on any atom is 0.260 e. The second kappa shape index (κ2) is 9.76. The van der Waals surface area contributed by atoms with Crippen LogP contribution in [0.4, 0.5) is 0 Å². The van der Waals surface area contributed by atoms with Gasteiger partial charge in [0.25, 0.3) is 5.91 Å². The van der Waals surface area contributed by atoms with Crippen molar-refractivity contribution in [1.29, 1.82) is 0 Å². The summed E-state index contributed by atoms with van der Waals surface area (Å²) in [6.45, 7) is 3.79. The Hall–Kier alpha value is -2.86. The van der Waals surface area contributed by atoms with Gasteiger partial charge in [-0.15, -0.1) is 0 Å². The molecule has 2 amide bonds. The Kier molecular flexibility index (Phi) is 6.64. The summed E-state index contributed by atoms with van der Waals surface area (Å²) in [7, 11) is 0. The summed E-state index contributed by atoms with van der Waals surface area (Å²) in [5.74, 6) is 0.884. The molecule has 2 aromatic carbocycles. The minimum atomic E-state index is -0.0323. The van der Waals surface area contributed by atoms with Gasteiger partial charge in [-0.05, 0) is 24.5 Å². The van der Waals surface area contributed by atoms with E-state index in [9.17, 15) is 9.59 Å². The van der Waals surface area contributed by atoms with Gasteiger partial charge in [0.05, 0.1) is 13.2 Å². The van der Waals surface area contributed by atoms with E-state index in [1.807, 2.05) is 64.4 Å². The SMILES string of the molecule is O=C(COc1ccccc1-c1ccccc1)N1CCC(C(=O)N2CCOCC2)CC1. The third-order valence-corrected chi connectivity index (χ3v) is 5.84. The monoisotopic (exact) mass is 408 g/mol. The van der Waals surface area contributed by atoms with E-state index in [1.165, 1.54) is 0 Å². The standard InChI is InChI=1S/C24H28N2O4/c27-23(18-30-22-9-5-4-8-21(22)19-6-2-1-3-7-19)25-12-10-20(11-13-25)24(28)26-14-16-29-17-15-26/h1-9,20H,10-18H2. The molecule has 0 spiro atoms. The van der Waals surface area contributed by atoms with Crippen molar-refractivity contribution in [2.24, 2.45) is 5.92 Å². The highest BCUT2D eigenvalue weighted by atomic mass is 16.5. The number of rotatable bonds is 5. The lowest BCUT2D eigenvalue weighted by atomic mass is 9.95. The van der Waals surface area contributed by atoms with Crippen LogP contribution in [0, 0.1) is 5.92 Å². The van der Waals surface area contributed by atoms with Crippen molar-refractivity contribution < 1.29 is 19.1 Å². The topological polar surface area (TPSA) is 59.1 Å². The summed E-state index contributed by atoms with van der Waals surface area (Å²) >= 11 is 0. The fourth-order valence-corrected chi connectivity index (χ4v) is 4.10. The summed E-state index contributed by atoms with van der Waals surface area (Å²) in [4.78, 5) is 29.1. The van der Waals surface area contributed by atoms with Crippen molar-refractivity contribution in [2.45, 2.75) is 12.8 Å². The normalized spacial score (nSPS) is 17.6. The van der Waals surface area contributed by atoms with Gasteiger partial charge in [0, 0.05) is 37.7 Å². The minimum absolute atomic E-state index is 0.00588. The molecule has 2 aliphatic heterocycles. The number of hydrogen-bond acceptors (Lipinski definition) is 4. The molecule has 6 heteroatoms. The van der Waals surface area contributed by atoms with E-state index in [1.54, 1.807) is 0 Å². The molecule has 0 atom stereocenters. The van der Waals surface area contributed by atoms with E-state index in [-0.39, 0.29) is 24.3 Å². The van der Waals surface area contributed by atoms with E-state index in [0.717, 1.165) is 11.1 Å². The number of amides is 2. The smallest absolute Gasteiger partial charge is 0.260 e. The summed E-state index contributed by atoms with van der Waals surface area (Å²) in [5, 5.41) is 0. The molecule has 2 heterocycles. The molecule has 0 saturated carbocycles. The maximum atomic E-state index is 12.7. The van der Waals surface area contributed by atoms with Gasteiger partial charge in [0.2, 0.25) is 5.91 Å². The number of carbonyl (C=O) groups is 2.